The molecule has 4 heterocycles. The molecular weight excluding hydrogens is 387 g/mol. The average Bonchev–Trinajstić information content (AvgIpc) is 3.30. The van der Waals surface area contributed by atoms with Gasteiger partial charge in [-0.3, -0.25) is 4.79 Å². The lowest BCUT2D eigenvalue weighted by Crippen LogP contribution is -2.43. The lowest BCUT2D eigenvalue weighted by Gasteiger charge is -2.16. The molecule has 0 fully saturated rings. The van der Waals surface area contributed by atoms with Crippen LogP contribution in [-0.4, -0.2) is 44.8 Å². The molecule has 0 spiro atoms. The summed E-state index contributed by atoms with van der Waals surface area (Å²) in [6.07, 6.45) is 0.135. The zero-order valence-corrected chi connectivity index (χ0v) is 15.4. The van der Waals surface area contributed by atoms with Gasteiger partial charge in [0.25, 0.3) is 5.91 Å². The van der Waals surface area contributed by atoms with Crippen molar-refractivity contribution in [3.63, 3.8) is 0 Å². The highest BCUT2D eigenvalue weighted by atomic mass is 19.4. The van der Waals surface area contributed by atoms with Gasteiger partial charge in [0.05, 0.1) is 24.4 Å². The fourth-order valence-electron chi connectivity index (χ4n) is 3.02. The Hall–Kier alpha value is -3.56. The second-order valence-corrected chi connectivity index (χ2v) is 6.49. The van der Waals surface area contributed by atoms with E-state index in [1.165, 1.54) is 17.8 Å². The van der Waals surface area contributed by atoms with Crippen molar-refractivity contribution in [3.8, 4) is 17.0 Å². The Morgan fingerprint density at radius 3 is 2.83 bits per heavy atom. The quantitative estimate of drug-likeness (QED) is 0.546. The number of fused-ring (bicyclic) bond motifs is 2. The maximum atomic E-state index is 12.8. The van der Waals surface area contributed by atoms with E-state index in [4.69, 9.17) is 4.74 Å². The number of aromatic amines is 1. The minimum absolute atomic E-state index is 0.0579. The Kier molecular flexibility index (Phi) is 4.40. The third-order valence-corrected chi connectivity index (χ3v) is 4.64. The van der Waals surface area contributed by atoms with Crippen molar-refractivity contribution in [3.05, 3.63) is 48.4 Å². The van der Waals surface area contributed by atoms with Gasteiger partial charge in [-0.05, 0) is 30.7 Å². The van der Waals surface area contributed by atoms with Gasteiger partial charge in [-0.2, -0.15) is 23.3 Å². The normalized spacial score (nSPS) is 13.0. The number of aromatic nitrogens is 4. The highest BCUT2D eigenvalue weighted by Crippen LogP contribution is 2.30. The minimum atomic E-state index is -4.53. The molecule has 1 atom stereocenters. The first-order chi connectivity index (χ1) is 13.8. The van der Waals surface area contributed by atoms with Crippen LogP contribution in [0.25, 0.3) is 27.7 Å². The van der Waals surface area contributed by atoms with Gasteiger partial charge in [-0.1, -0.05) is 0 Å². The van der Waals surface area contributed by atoms with Crippen molar-refractivity contribution < 1.29 is 22.7 Å². The zero-order chi connectivity index (χ0) is 20.8. The Labute approximate surface area is 162 Å². The summed E-state index contributed by atoms with van der Waals surface area (Å²) in [5.41, 5.74) is 2.67. The van der Waals surface area contributed by atoms with Crippen molar-refractivity contribution in [2.75, 3.05) is 7.11 Å². The van der Waals surface area contributed by atoms with Gasteiger partial charge in [0.1, 0.15) is 11.7 Å². The Morgan fingerprint density at radius 1 is 1.31 bits per heavy atom. The number of carbonyl (C=O) groups is 1. The fourth-order valence-corrected chi connectivity index (χ4v) is 3.02. The van der Waals surface area contributed by atoms with Gasteiger partial charge in [-0.25, -0.2) is 4.52 Å². The molecule has 0 aliphatic heterocycles. The molecule has 0 radical (unpaired) electrons. The molecule has 150 valence electrons. The van der Waals surface area contributed by atoms with Crippen LogP contribution in [0, 0.1) is 0 Å². The smallest absolute Gasteiger partial charge is 0.408 e. The highest BCUT2D eigenvalue weighted by Gasteiger charge is 2.37. The van der Waals surface area contributed by atoms with Crippen LogP contribution in [0.1, 0.15) is 17.3 Å². The standard InChI is InChI=1S/C19H16F3N5O2/c1-10(19(20,21)22)25-18(28)14-9-24-27-6-5-11(7-15(14)27)13-8-23-17-12(13)3-4-16(26-17)29-2/h3-10H,1-2H3,(H,23,26)(H,25,28)/t10-/m1/s1. The molecule has 0 saturated carbocycles. The maximum Gasteiger partial charge on any atom is 0.408 e. The molecule has 0 saturated heterocycles. The second-order valence-electron chi connectivity index (χ2n) is 6.49. The van der Waals surface area contributed by atoms with E-state index in [1.54, 1.807) is 30.6 Å². The SMILES string of the molecule is COc1ccc2c(-c3ccn4ncc(C(=O)N[C@H](C)C(F)(F)F)c4c3)c[nH]c2n1. The van der Waals surface area contributed by atoms with E-state index in [1.807, 2.05) is 11.4 Å². The van der Waals surface area contributed by atoms with Gasteiger partial charge < -0.3 is 15.0 Å². The number of amides is 1. The number of nitrogens with zero attached hydrogens (tertiary/aromatic N) is 3. The van der Waals surface area contributed by atoms with E-state index in [2.05, 4.69) is 15.1 Å². The molecule has 4 aromatic rings. The molecule has 0 unspecified atom stereocenters. The van der Waals surface area contributed by atoms with Crippen molar-refractivity contribution in [2.24, 2.45) is 0 Å². The monoisotopic (exact) mass is 403 g/mol. The summed E-state index contributed by atoms with van der Waals surface area (Å²) >= 11 is 0. The number of hydrogen-bond donors (Lipinski definition) is 2. The third kappa shape index (κ3) is 3.37. The average molecular weight is 403 g/mol. The molecule has 1 amide bonds. The van der Waals surface area contributed by atoms with Gasteiger partial charge in [-0.15, -0.1) is 0 Å². The lowest BCUT2D eigenvalue weighted by atomic mass is 10.1. The highest BCUT2D eigenvalue weighted by molar-refractivity contribution is 6.02. The molecule has 0 bridgehead atoms. The van der Waals surface area contributed by atoms with Crippen LogP contribution in [0.4, 0.5) is 13.2 Å². The molecular formula is C19H16F3N5O2. The van der Waals surface area contributed by atoms with Crippen molar-refractivity contribution in [1.82, 2.24) is 24.9 Å². The van der Waals surface area contributed by atoms with Crippen molar-refractivity contribution in [1.29, 1.82) is 0 Å². The Balaban J connectivity index is 1.73. The number of carbonyl (C=O) groups excluding carboxylic acids is 1. The van der Waals surface area contributed by atoms with Gasteiger partial charge >= 0.3 is 6.18 Å². The Bertz CT molecular complexity index is 1210. The minimum Gasteiger partial charge on any atom is -0.481 e. The summed E-state index contributed by atoms with van der Waals surface area (Å²) in [5, 5.41) is 6.86. The number of nitrogens with one attached hydrogen (secondary N) is 2. The molecule has 10 heteroatoms. The lowest BCUT2D eigenvalue weighted by molar-refractivity contribution is -0.149. The zero-order valence-electron chi connectivity index (χ0n) is 15.4. The van der Waals surface area contributed by atoms with Crippen molar-refractivity contribution >= 4 is 22.5 Å². The second kappa shape index (κ2) is 6.80. The summed E-state index contributed by atoms with van der Waals surface area (Å²) in [6.45, 7) is 0.891. The molecule has 0 aliphatic rings. The van der Waals surface area contributed by atoms with Crippen LogP contribution in [0.5, 0.6) is 5.88 Å². The fraction of sp³-hybridized carbons (Fsp3) is 0.211. The van der Waals surface area contributed by atoms with Crippen LogP contribution >= 0.6 is 0 Å². The van der Waals surface area contributed by atoms with Gasteiger partial charge in [0.15, 0.2) is 0 Å². The molecule has 7 nitrogen and oxygen atoms in total. The first-order valence-corrected chi connectivity index (χ1v) is 8.65. The van der Waals surface area contributed by atoms with E-state index in [-0.39, 0.29) is 5.56 Å². The molecule has 0 aromatic carbocycles. The summed E-state index contributed by atoms with van der Waals surface area (Å²) in [7, 11) is 1.53. The molecule has 0 aliphatic carbocycles. The predicted molar refractivity (Wildman–Crippen MR) is 99.8 cm³/mol. The maximum absolute atomic E-state index is 12.8. The third-order valence-electron chi connectivity index (χ3n) is 4.64. The van der Waals surface area contributed by atoms with Crippen LogP contribution < -0.4 is 10.1 Å². The number of ether oxygens (including phenoxy) is 1. The van der Waals surface area contributed by atoms with Crippen LogP contribution in [-0.2, 0) is 0 Å². The largest absolute Gasteiger partial charge is 0.481 e. The van der Waals surface area contributed by atoms with E-state index in [9.17, 15) is 18.0 Å². The first-order valence-electron chi connectivity index (χ1n) is 8.65. The summed E-state index contributed by atoms with van der Waals surface area (Å²) < 4.78 is 44.8. The van der Waals surface area contributed by atoms with Crippen LogP contribution in [0.3, 0.4) is 0 Å². The van der Waals surface area contributed by atoms with Crippen LogP contribution in [0.15, 0.2) is 42.9 Å². The number of methoxy groups -OCH3 is 1. The number of rotatable bonds is 4. The molecule has 29 heavy (non-hydrogen) atoms. The summed E-state index contributed by atoms with van der Waals surface area (Å²) in [5.74, 6) is -0.373. The van der Waals surface area contributed by atoms with Crippen molar-refractivity contribution in [2.45, 2.75) is 19.1 Å². The van der Waals surface area contributed by atoms with E-state index < -0.39 is 18.1 Å². The van der Waals surface area contributed by atoms with Gasteiger partial charge in [0, 0.05) is 29.4 Å². The van der Waals surface area contributed by atoms with Crippen LogP contribution in [0.2, 0.25) is 0 Å². The number of halogens is 3. The Morgan fingerprint density at radius 2 is 2.10 bits per heavy atom. The summed E-state index contributed by atoms with van der Waals surface area (Å²) in [6, 6.07) is 5.11. The molecule has 2 N–H and O–H groups in total. The molecule has 4 rings (SSSR count). The van der Waals surface area contributed by atoms with E-state index in [0.29, 0.717) is 17.0 Å². The number of hydrogen-bond acceptors (Lipinski definition) is 4. The molecule has 4 aromatic heterocycles. The van der Waals surface area contributed by atoms with E-state index in [0.717, 1.165) is 23.4 Å². The topological polar surface area (TPSA) is 84.3 Å². The number of H-pyrrole nitrogens is 1. The number of pyridine rings is 2. The summed E-state index contributed by atoms with van der Waals surface area (Å²) in [4.78, 5) is 19.8. The van der Waals surface area contributed by atoms with Gasteiger partial charge in [0.2, 0.25) is 5.88 Å². The number of alkyl halides is 3. The first kappa shape index (κ1) is 18.8. The predicted octanol–water partition coefficient (Wildman–Crippen LogP) is 3.57. The van der Waals surface area contributed by atoms with E-state index >= 15 is 0 Å².